The Morgan fingerprint density at radius 3 is 2.12 bits per heavy atom. The summed E-state index contributed by atoms with van der Waals surface area (Å²) in [4.78, 5) is 7.86. The fraction of sp³-hybridized carbons (Fsp3) is 0.0909. The van der Waals surface area contributed by atoms with Gasteiger partial charge in [-0.2, -0.15) is 0 Å². The second kappa shape index (κ2) is 4.49. The van der Waals surface area contributed by atoms with E-state index in [1.807, 2.05) is 24.3 Å². The molecule has 4 N–H and O–H groups in total. The maximum absolute atomic E-state index is 5.76. The van der Waals surface area contributed by atoms with Crippen molar-refractivity contribution in [3.63, 3.8) is 0 Å². The Bertz CT molecular complexity index is 476. The first-order chi connectivity index (χ1) is 7.66. The van der Waals surface area contributed by atoms with Crippen molar-refractivity contribution in [2.24, 2.45) is 0 Å². The van der Waals surface area contributed by atoms with Crippen molar-refractivity contribution in [1.29, 1.82) is 0 Å². The lowest BCUT2D eigenvalue weighted by molar-refractivity contribution is 1.09. The number of benzene rings is 1. The monoisotopic (exact) mass is 278 g/mol. The molecule has 1 aromatic carbocycles. The van der Waals surface area contributed by atoms with Crippen molar-refractivity contribution in [1.82, 2.24) is 9.97 Å². The zero-order valence-electron chi connectivity index (χ0n) is 8.52. The van der Waals surface area contributed by atoms with Gasteiger partial charge in [0.25, 0.3) is 0 Å². The van der Waals surface area contributed by atoms with Gasteiger partial charge in [-0.1, -0.05) is 28.1 Å². The summed E-state index contributed by atoms with van der Waals surface area (Å²) in [6, 6.07) is 7.98. The van der Waals surface area contributed by atoms with Crippen molar-refractivity contribution in [2.45, 2.75) is 6.42 Å². The Kier molecular flexibility index (Phi) is 3.05. The lowest BCUT2D eigenvalue weighted by atomic mass is 10.1. The third kappa shape index (κ3) is 2.30. The lowest BCUT2D eigenvalue weighted by Crippen LogP contribution is -2.05. The Balaban J connectivity index is 2.30. The SMILES string of the molecule is Nc1ncnc(N)c1Cc1ccc(Br)cc1. The number of rotatable bonds is 2. The molecule has 0 spiro atoms. The molecule has 0 aliphatic carbocycles. The van der Waals surface area contributed by atoms with E-state index >= 15 is 0 Å². The van der Waals surface area contributed by atoms with Crippen LogP contribution in [-0.4, -0.2) is 9.97 Å². The van der Waals surface area contributed by atoms with Gasteiger partial charge in [0, 0.05) is 16.5 Å². The first-order valence-electron chi connectivity index (χ1n) is 4.76. The molecule has 0 aliphatic heterocycles. The molecule has 1 heterocycles. The standard InChI is InChI=1S/C11H11BrN4/c12-8-3-1-7(2-4-8)5-9-10(13)15-6-16-11(9)14/h1-4,6H,5H2,(H4,13,14,15,16). The van der Waals surface area contributed by atoms with E-state index in [1.54, 1.807) is 0 Å². The minimum atomic E-state index is 0.440. The van der Waals surface area contributed by atoms with E-state index in [9.17, 15) is 0 Å². The highest BCUT2D eigenvalue weighted by Crippen LogP contribution is 2.20. The summed E-state index contributed by atoms with van der Waals surface area (Å²) in [5, 5.41) is 0. The molecule has 2 rings (SSSR count). The molecule has 16 heavy (non-hydrogen) atoms. The van der Waals surface area contributed by atoms with Crippen LogP contribution in [0.5, 0.6) is 0 Å². The Labute approximate surface area is 102 Å². The molecule has 1 aromatic heterocycles. The zero-order chi connectivity index (χ0) is 11.5. The highest BCUT2D eigenvalue weighted by atomic mass is 79.9. The third-order valence-electron chi connectivity index (χ3n) is 2.31. The van der Waals surface area contributed by atoms with E-state index in [0.29, 0.717) is 18.1 Å². The summed E-state index contributed by atoms with van der Waals surface area (Å²) < 4.78 is 1.04. The number of aromatic nitrogens is 2. The van der Waals surface area contributed by atoms with Gasteiger partial charge >= 0.3 is 0 Å². The lowest BCUT2D eigenvalue weighted by Gasteiger charge is -2.07. The van der Waals surface area contributed by atoms with Crippen LogP contribution in [0.15, 0.2) is 35.1 Å². The average molecular weight is 279 g/mol. The number of nitrogens with zero attached hydrogens (tertiary/aromatic N) is 2. The van der Waals surface area contributed by atoms with E-state index in [2.05, 4.69) is 25.9 Å². The highest BCUT2D eigenvalue weighted by Gasteiger charge is 2.06. The first-order valence-corrected chi connectivity index (χ1v) is 5.55. The van der Waals surface area contributed by atoms with Crippen LogP contribution in [-0.2, 0) is 6.42 Å². The van der Waals surface area contributed by atoms with Gasteiger partial charge in [0.15, 0.2) is 0 Å². The van der Waals surface area contributed by atoms with Gasteiger partial charge in [0.05, 0.1) is 0 Å². The molecule has 0 saturated heterocycles. The largest absolute Gasteiger partial charge is 0.383 e. The van der Waals surface area contributed by atoms with Crippen molar-refractivity contribution < 1.29 is 0 Å². The zero-order valence-corrected chi connectivity index (χ0v) is 10.1. The molecule has 2 aromatic rings. The number of anilines is 2. The van der Waals surface area contributed by atoms with E-state index in [0.717, 1.165) is 15.6 Å². The quantitative estimate of drug-likeness (QED) is 0.881. The molecule has 0 amide bonds. The Morgan fingerprint density at radius 1 is 1.00 bits per heavy atom. The summed E-state index contributed by atoms with van der Waals surface area (Å²) in [6.07, 6.45) is 2.02. The Morgan fingerprint density at radius 2 is 1.56 bits per heavy atom. The van der Waals surface area contributed by atoms with Crippen LogP contribution < -0.4 is 11.5 Å². The summed E-state index contributed by atoms with van der Waals surface area (Å²) >= 11 is 3.39. The van der Waals surface area contributed by atoms with Crippen molar-refractivity contribution in [3.05, 3.63) is 46.2 Å². The van der Waals surface area contributed by atoms with Crippen LogP contribution in [0.25, 0.3) is 0 Å². The molecule has 4 nitrogen and oxygen atoms in total. The van der Waals surface area contributed by atoms with Crippen LogP contribution in [0.3, 0.4) is 0 Å². The van der Waals surface area contributed by atoms with Crippen LogP contribution in [0.1, 0.15) is 11.1 Å². The van der Waals surface area contributed by atoms with Gasteiger partial charge in [-0.15, -0.1) is 0 Å². The Hall–Kier alpha value is -1.62. The number of halogens is 1. The first kappa shape index (κ1) is 10.9. The van der Waals surface area contributed by atoms with Gasteiger partial charge < -0.3 is 11.5 Å². The van der Waals surface area contributed by atoms with Gasteiger partial charge in [0.1, 0.15) is 18.0 Å². The summed E-state index contributed by atoms with van der Waals surface area (Å²) in [5.74, 6) is 0.880. The fourth-order valence-corrected chi connectivity index (χ4v) is 1.69. The van der Waals surface area contributed by atoms with Gasteiger partial charge in [-0.3, -0.25) is 0 Å². The van der Waals surface area contributed by atoms with E-state index < -0.39 is 0 Å². The smallest absolute Gasteiger partial charge is 0.132 e. The highest BCUT2D eigenvalue weighted by molar-refractivity contribution is 9.10. The molecule has 5 heteroatoms. The molecule has 0 bridgehead atoms. The van der Waals surface area contributed by atoms with Crippen molar-refractivity contribution >= 4 is 27.6 Å². The van der Waals surface area contributed by atoms with Crippen LogP contribution in [0.4, 0.5) is 11.6 Å². The molecule has 0 atom stereocenters. The molecule has 0 unspecified atom stereocenters. The second-order valence-electron chi connectivity index (χ2n) is 3.43. The molecule has 0 aliphatic rings. The number of hydrogen-bond acceptors (Lipinski definition) is 4. The van der Waals surface area contributed by atoms with Crippen LogP contribution in [0, 0.1) is 0 Å². The number of nitrogens with two attached hydrogens (primary N) is 2. The maximum Gasteiger partial charge on any atom is 0.132 e. The molecular weight excluding hydrogens is 268 g/mol. The van der Waals surface area contributed by atoms with E-state index in [-0.39, 0.29) is 0 Å². The van der Waals surface area contributed by atoms with Gasteiger partial charge in [-0.05, 0) is 17.7 Å². The summed E-state index contributed by atoms with van der Waals surface area (Å²) in [6.45, 7) is 0. The van der Waals surface area contributed by atoms with Crippen molar-refractivity contribution in [2.75, 3.05) is 11.5 Å². The predicted molar refractivity (Wildman–Crippen MR) is 67.8 cm³/mol. The fourth-order valence-electron chi connectivity index (χ4n) is 1.43. The van der Waals surface area contributed by atoms with Gasteiger partial charge in [0.2, 0.25) is 0 Å². The summed E-state index contributed by atoms with van der Waals surface area (Å²) in [5.41, 5.74) is 13.4. The molecule has 82 valence electrons. The van der Waals surface area contributed by atoms with Crippen LogP contribution in [0.2, 0.25) is 0 Å². The predicted octanol–water partition coefficient (Wildman–Crippen LogP) is 1.99. The summed E-state index contributed by atoms with van der Waals surface area (Å²) in [7, 11) is 0. The average Bonchev–Trinajstić information content (AvgIpc) is 2.26. The van der Waals surface area contributed by atoms with E-state index in [4.69, 9.17) is 11.5 Å². The number of nitrogen functional groups attached to an aromatic ring is 2. The number of hydrogen-bond donors (Lipinski definition) is 2. The van der Waals surface area contributed by atoms with Crippen molar-refractivity contribution in [3.8, 4) is 0 Å². The molecule has 0 saturated carbocycles. The molecule has 0 radical (unpaired) electrons. The van der Waals surface area contributed by atoms with Crippen LogP contribution >= 0.6 is 15.9 Å². The molecule has 0 fully saturated rings. The van der Waals surface area contributed by atoms with E-state index in [1.165, 1.54) is 6.33 Å². The maximum atomic E-state index is 5.76. The molecular formula is C11H11BrN4. The second-order valence-corrected chi connectivity index (χ2v) is 4.34. The topological polar surface area (TPSA) is 77.8 Å². The van der Waals surface area contributed by atoms with Gasteiger partial charge in [-0.25, -0.2) is 9.97 Å². The minimum absolute atomic E-state index is 0.440. The third-order valence-corrected chi connectivity index (χ3v) is 2.83. The minimum Gasteiger partial charge on any atom is -0.383 e. The normalized spacial score (nSPS) is 10.3.